The predicted octanol–water partition coefficient (Wildman–Crippen LogP) is 18.2. The number of phosphoric acid groups is 2. The third kappa shape index (κ3) is 59.0. The highest BCUT2D eigenvalue weighted by Crippen LogP contribution is 2.45. The second kappa shape index (κ2) is 58.7. The van der Waals surface area contributed by atoms with Gasteiger partial charge in [0.15, 0.2) is 12.2 Å². The summed E-state index contributed by atoms with van der Waals surface area (Å²) >= 11 is 0. The maximum Gasteiger partial charge on any atom is 0.472 e. The van der Waals surface area contributed by atoms with Gasteiger partial charge >= 0.3 is 39.5 Å². The molecule has 5 atom stereocenters. The average molecular weight is 1240 g/mol. The van der Waals surface area contributed by atoms with Crippen LogP contribution in [0.2, 0.25) is 0 Å². The van der Waals surface area contributed by atoms with Crippen molar-refractivity contribution in [3.8, 4) is 0 Å². The topological polar surface area (TPSA) is 237 Å². The van der Waals surface area contributed by atoms with Gasteiger partial charge in [-0.3, -0.25) is 37.3 Å². The monoisotopic (exact) mass is 1240 g/mol. The summed E-state index contributed by atoms with van der Waals surface area (Å²) in [6, 6.07) is 0. The smallest absolute Gasteiger partial charge is 0.462 e. The quantitative estimate of drug-likeness (QED) is 0.0222. The van der Waals surface area contributed by atoms with Gasteiger partial charge in [0, 0.05) is 25.7 Å². The Hall–Kier alpha value is -1.94. The number of unbranched alkanes of at least 4 members (excludes halogenated alkanes) is 37. The van der Waals surface area contributed by atoms with E-state index in [2.05, 4.69) is 34.6 Å². The molecule has 0 aromatic rings. The van der Waals surface area contributed by atoms with Gasteiger partial charge in [-0.05, 0) is 31.6 Å². The molecule has 0 aromatic carbocycles. The number of hydrogen-bond donors (Lipinski definition) is 3. The summed E-state index contributed by atoms with van der Waals surface area (Å²) in [6.07, 6.45) is 43.3. The van der Waals surface area contributed by atoms with E-state index in [-0.39, 0.29) is 25.7 Å². The highest BCUT2D eigenvalue weighted by atomic mass is 31.2. The molecule has 498 valence electrons. The number of carbonyl (C=O) groups is 4. The Labute approximate surface area is 511 Å². The van der Waals surface area contributed by atoms with Crippen LogP contribution in [-0.4, -0.2) is 96.7 Å². The van der Waals surface area contributed by atoms with Crippen molar-refractivity contribution in [2.45, 2.75) is 348 Å². The number of esters is 4. The fourth-order valence-corrected chi connectivity index (χ4v) is 11.3. The molecule has 19 heteroatoms. The first-order chi connectivity index (χ1) is 40.5. The van der Waals surface area contributed by atoms with E-state index in [9.17, 15) is 43.2 Å². The molecule has 2 unspecified atom stereocenters. The van der Waals surface area contributed by atoms with Crippen molar-refractivity contribution >= 4 is 39.5 Å². The molecule has 0 radical (unpaired) electrons. The number of ether oxygens (including phenoxy) is 4. The lowest BCUT2D eigenvalue weighted by Crippen LogP contribution is -2.30. The molecule has 0 amide bonds. The number of aliphatic hydroxyl groups excluding tert-OH is 1. The lowest BCUT2D eigenvalue weighted by atomic mass is 10.0. The van der Waals surface area contributed by atoms with Crippen molar-refractivity contribution in [3.05, 3.63) is 0 Å². The van der Waals surface area contributed by atoms with Gasteiger partial charge in [-0.1, -0.05) is 279 Å². The van der Waals surface area contributed by atoms with Crippen LogP contribution in [0.25, 0.3) is 0 Å². The fourth-order valence-electron chi connectivity index (χ4n) is 9.76. The molecule has 0 rings (SSSR count). The van der Waals surface area contributed by atoms with E-state index in [1.54, 1.807) is 0 Å². The van der Waals surface area contributed by atoms with E-state index < -0.39 is 97.5 Å². The number of carbonyl (C=O) groups excluding carboxylic acids is 4. The van der Waals surface area contributed by atoms with Gasteiger partial charge in [0.2, 0.25) is 0 Å². The second-order valence-corrected chi connectivity index (χ2v) is 26.9. The third-order valence-electron chi connectivity index (χ3n) is 15.0. The Morgan fingerprint density at radius 1 is 0.321 bits per heavy atom. The van der Waals surface area contributed by atoms with Gasteiger partial charge in [0.05, 0.1) is 26.4 Å². The molecule has 0 saturated heterocycles. The van der Waals surface area contributed by atoms with Gasteiger partial charge in [0.1, 0.15) is 19.3 Å². The van der Waals surface area contributed by atoms with Crippen molar-refractivity contribution in [1.82, 2.24) is 0 Å². The molecule has 0 aliphatic heterocycles. The zero-order chi connectivity index (χ0) is 62.0. The SMILES string of the molecule is CCCCCCCCCCCCCCCCC(=O)OC[C@H](COP(=O)(O)OC[C@@H](O)COP(=O)(O)OC[C@@H](COC(=O)CCCCCCCCC)OC(=O)CCCCCCCCC)OC(=O)CCCCCCCCCCCCCCCC(C)C. The van der Waals surface area contributed by atoms with Crippen LogP contribution < -0.4 is 0 Å². The van der Waals surface area contributed by atoms with Gasteiger partial charge in [0.25, 0.3) is 0 Å². The zero-order valence-electron chi connectivity index (χ0n) is 54.0. The third-order valence-corrected chi connectivity index (χ3v) is 16.9. The minimum atomic E-state index is -4.94. The Kier molecular flexibility index (Phi) is 57.4. The summed E-state index contributed by atoms with van der Waals surface area (Å²) in [4.78, 5) is 72.0. The largest absolute Gasteiger partial charge is 0.472 e. The van der Waals surface area contributed by atoms with E-state index in [4.69, 9.17) is 37.0 Å². The van der Waals surface area contributed by atoms with Crippen LogP contribution in [0.3, 0.4) is 0 Å². The Balaban J connectivity index is 5.17. The molecule has 0 spiro atoms. The van der Waals surface area contributed by atoms with Crippen molar-refractivity contribution in [2.75, 3.05) is 39.6 Å². The van der Waals surface area contributed by atoms with Gasteiger partial charge in [-0.15, -0.1) is 0 Å². The van der Waals surface area contributed by atoms with E-state index in [1.165, 1.54) is 128 Å². The van der Waals surface area contributed by atoms with E-state index in [1.807, 2.05) is 0 Å². The average Bonchev–Trinajstić information content (AvgIpc) is 3.60. The molecular formula is C65H126O17P2. The summed E-state index contributed by atoms with van der Waals surface area (Å²) < 4.78 is 67.9. The predicted molar refractivity (Wildman–Crippen MR) is 335 cm³/mol. The van der Waals surface area contributed by atoms with Crippen molar-refractivity contribution in [3.63, 3.8) is 0 Å². The molecular weight excluding hydrogens is 1110 g/mol. The first-order valence-electron chi connectivity index (χ1n) is 34.1. The molecule has 17 nitrogen and oxygen atoms in total. The summed E-state index contributed by atoms with van der Waals surface area (Å²) in [5.74, 6) is -1.35. The standard InChI is InChI=1S/C65H126O17P2/c1-6-9-12-15-18-19-20-21-24-27-30-35-39-44-49-63(68)76-55-61(82-65(70)51-46-41-36-31-28-25-22-23-26-29-34-37-42-47-58(4)5)57-80-84(73,74)78-53-59(66)52-77-83(71,72)79-56-60(81-64(69)50-45-40-33-17-14-11-8-3)54-75-62(67)48-43-38-32-16-13-10-7-2/h58-61,66H,6-57H2,1-5H3,(H,71,72)(H,73,74)/t59-,60+,61+/m0/s1. The van der Waals surface area contributed by atoms with Crippen LogP contribution in [0, 0.1) is 5.92 Å². The van der Waals surface area contributed by atoms with Gasteiger partial charge < -0.3 is 33.8 Å². The van der Waals surface area contributed by atoms with Crippen LogP contribution in [0.1, 0.15) is 330 Å². The molecule has 3 N–H and O–H groups in total. The Morgan fingerprint density at radius 2 is 0.548 bits per heavy atom. The summed E-state index contributed by atoms with van der Waals surface area (Å²) in [6.45, 7) is 7.14. The molecule has 0 bridgehead atoms. The lowest BCUT2D eigenvalue weighted by molar-refractivity contribution is -0.161. The van der Waals surface area contributed by atoms with Gasteiger partial charge in [-0.2, -0.15) is 0 Å². The lowest BCUT2D eigenvalue weighted by Gasteiger charge is -2.21. The van der Waals surface area contributed by atoms with Crippen LogP contribution in [-0.2, 0) is 65.4 Å². The first-order valence-corrected chi connectivity index (χ1v) is 37.1. The second-order valence-electron chi connectivity index (χ2n) is 24.0. The fraction of sp³-hybridized carbons (Fsp3) is 0.938. The van der Waals surface area contributed by atoms with Crippen LogP contribution in [0.4, 0.5) is 0 Å². The Bertz CT molecular complexity index is 1640. The molecule has 84 heavy (non-hydrogen) atoms. The number of aliphatic hydroxyl groups is 1. The maximum atomic E-state index is 13.0. The number of phosphoric ester groups is 2. The van der Waals surface area contributed by atoms with Crippen LogP contribution in [0.5, 0.6) is 0 Å². The Morgan fingerprint density at radius 3 is 0.810 bits per heavy atom. The molecule has 0 heterocycles. The van der Waals surface area contributed by atoms with E-state index in [0.29, 0.717) is 25.7 Å². The zero-order valence-corrected chi connectivity index (χ0v) is 55.8. The highest BCUT2D eigenvalue weighted by molar-refractivity contribution is 7.47. The summed E-state index contributed by atoms with van der Waals surface area (Å²) in [5.41, 5.74) is 0. The minimum absolute atomic E-state index is 0.104. The van der Waals surface area contributed by atoms with Gasteiger partial charge in [-0.25, -0.2) is 9.13 Å². The summed E-state index contributed by atoms with van der Waals surface area (Å²) in [7, 11) is -9.88. The van der Waals surface area contributed by atoms with E-state index in [0.717, 1.165) is 121 Å². The van der Waals surface area contributed by atoms with Crippen LogP contribution in [0.15, 0.2) is 0 Å². The summed E-state index contributed by atoms with van der Waals surface area (Å²) in [5, 5.41) is 10.5. The molecule has 0 fully saturated rings. The van der Waals surface area contributed by atoms with Crippen molar-refractivity contribution in [1.29, 1.82) is 0 Å². The molecule has 0 aliphatic carbocycles. The first kappa shape index (κ1) is 82.1. The van der Waals surface area contributed by atoms with E-state index >= 15 is 0 Å². The van der Waals surface area contributed by atoms with Crippen LogP contribution >= 0.6 is 15.6 Å². The van der Waals surface area contributed by atoms with Crippen molar-refractivity contribution < 1.29 is 80.2 Å². The minimum Gasteiger partial charge on any atom is -0.462 e. The molecule has 0 aromatic heterocycles. The normalized spacial score (nSPS) is 14.2. The maximum absolute atomic E-state index is 13.0. The number of hydrogen-bond acceptors (Lipinski definition) is 15. The molecule has 0 aliphatic rings. The van der Waals surface area contributed by atoms with Crippen molar-refractivity contribution in [2.24, 2.45) is 5.92 Å². The highest BCUT2D eigenvalue weighted by Gasteiger charge is 2.30. The number of rotatable bonds is 65. The molecule has 0 saturated carbocycles.